The minimum atomic E-state index is -0.0988. The number of hydrogen-bond donors (Lipinski definition) is 1. The molecular weight excluding hydrogens is 426 g/mol. The second kappa shape index (κ2) is 9.40. The van der Waals surface area contributed by atoms with E-state index >= 15 is 0 Å². The molecule has 166 valence electrons. The van der Waals surface area contributed by atoms with E-state index in [4.69, 9.17) is 19.3 Å². The Morgan fingerprint density at radius 3 is 2.66 bits per heavy atom. The van der Waals surface area contributed by atoms with Crippen molar-refractivity contribution in [1.82, 2.24) is 9.78 Å². The van der Waals surface area contributed by atoms with Crippen LogP contribution in [0.3, 0.4) is 0 Å². The third-order valence-electron chi connectivity index (χ3n) is 5.17. The second-order valence-electron chi connectivity index (χ2n) is 7.21. The number of nitrogens with zero attached hydrogens (tertiary/aromatic N) is 2. The zero-order valence-electron chi connectivity index (χ0n) is 18.3. The Bertz CT molecular complexity index is 1140. The molecule has 3 aromatic rings. The van der Waals surface area contributed by atoms with Crippen LogP contribution in [-0.4, -0.2) is 42.3 Å². The zero-order chi connectivity index (χ0) is 22.7. The van der Waals surface area contributed by atoms with Gasteiger partial charge in [-0.15, -0.1) is 11.8 Å². The fourth-order valence-corrected chi connectivity index (χ4v) is 4.85. The molecule has 0 radical (unpaired) electrons. The maximum absolute atomic E-state index is 12.6. The summed E-state index contributed by atoms with van der Waals surface area (Å²) >= 11 is 1.56. The molecule has 1 aromatic heterocycles. The molecule has 0 saturated heterocycles. The Hall–Kier alpha value is -3.39. The van der Waals surface area contributed by atoms with E-state index in [1.54, 1.807) is 36.7 Å². The van der Waals surface area contributed by atoms with E-state index in [1.807, 2.05) is 49.4 Å². The molecule has 0 fully saturated rings. The molecule has 1 atom stereocenters. The molecule has 1 amide bonds. The standard InChI is InChI=1S/C24H25N3O4S/c1-5-12-31-19-11-6-16(13-20(19)30-4)23-22-15(2)26-27(24(22)25-21(28)14-32-23)17-7-9-18(29-3)10-8-17/h5-11,13,23H,1,12,14H2,2-4H3,(H,25,28)/t23-/m1/s1. The molecule has 0 saturated carbocycles. The fourth-order valence-electron chi connectivity index (χ4n) is 3.67. The van der Waals surface area contributed by atoms with Gasteiger partial charge < -0.3 is 19.5 Å². The predicted octanol–water partition coefficient (Wildman–Crippen LogP) is 4.54. The number of carbonyl (C=O) groups excluding carboxylic acids is 1. The molecular formula is C24H25N3O4S. The van der Waals surface area contributed by atoms with Crippen LogP contribution in [0.25, 0.3) is 5.69 Å². The molecule has 1 N–H and O–H groups in total. The van der Waals surface area contributed by atoms with Crippen molar-refractivity contribution in [2.75, 3.05) is 31.9 Å². The van der Waals surface area contributed by atoms with Crippen LogP contribution in [0.15, 0.2) is 55.1 Å². The van der Waals surface area contributed by atoms with Gasteiger partial charge in [0.05, 0.1) is 36.6 Å². The summed E-state index contributed by atoms with van der Waals surface area (Å²) in [6.45, 7) is 6.04. The molecule has 1 aliphatic rings. The Labute approximate surface area is 191 Å². The molecule has 32 heavy (non-hydrogen) atoms. The number of aromatic nitrogens is 2. The van der Waals surface area contributed by atoms with Gasteiger partial charge in [-0.05, 0) is 48.9 Å². The monoisotopic (exact) mass is 451 g/mol. The zero-order valence-corrected chi connectivity index (χ0v) is 19.1. The lowest BCUT2D eigenvalue weighted by molar-refractivity contribution is -0.113. The van der Waals surface area contributed by atoms with Crippen LogP contribution in [0.2, 0.25) is 0 Å². The van der Waals surface area contributed by atoms with Crippen LogP contribution >= 0.6 is 11.8 Å². The Kier molecular flexibility index (Phi) is 6.41. The van der Waals surface area contributed by atoms with Crippen LogP contribution < -0.4 is 19.5 Å². The number of benzene rings is 2. The molecule has 1 aliphatic heterocycles. The number of methoxy groups -OCH3 is 2. The smallest absolute Gasteiger partial charge is 0.235 e. The van der Waals surface area contributed by atoms with Crippen molar-refractivity contribution in [2.24, 2.45) is 0 Å². The van der Waals surface area contributed by atoms with Crippen LogP contribution in [0.1, 0.15) is 22.1 Å². The highest BCUT2D eigenvalue weighted by molar-refractivity contribution is 8.00. The van der Waals surface area contributed by atoms with Crippen molar-refractivity contribution in [1.29, 1.82) is 0 Å². The number of anilines is 1. The highest BCUT2D eigenvalue weighted by Crippen LogP contribution is 2.45. The van der Waals surface area contributed by atoms with Crippen molar-refractivity contribution in [3.8, 4) is 22.9 Å². The van der Waals surface area contributed by atoms with Gasteiger partial charge in [0, 0.05) is 5.56 Å². The lowest BCUT2D eigenvalue weighted by Gasteiger charge is -2.18. The molecule has 8 heteroatoms. The van der Waals surface area contributed by atoms with Crippen LogP contribution in [-0.2, 0) is 4.79 Å². The number of hydrogen-bond acceptors (Lipinski definition) is 6. The summed E-state index contributed by atoms with van der Waals surface area (Å²) in [5.74, 6) is 2.99. The largest absolute Gasteiger partial charge is 0.497 e. The minimum Gasteiger partial charge on any atom is -0.497 e. The van der Waals surface area contributed by atoms with Crippen LogP contribution in [0.4, 0.5) is 5.82 Å². The van der Waals surface area contributed by atoms with Gasteiger partial charge in [-0.3, -0.25) is 4.79 Å². The van der Waals surface area contributed by atoms with Gasteiger partial charge in [0.2, 0.25) is 5.91 Å². The van der Waals surface area contributed by atoms with E-state index < -0.39 is 0 Å². The average molecular weight is 452 g/mol. The highest BCUT2D eigenvalue weighted by atomic mass is 32.2. The molecule has 0 spiro atoms. The van der Waals surface area contributed by atoms with Gasteiger partial charge in [0.15, 0.2) is 11.5 Å². The molecule has 2 aromatic carbocycles. The van der Waals surface area contributed by atoms with E-state index in [1.165, 1.54) is 0 Å². The Morgan fingerprint density at radius 1 is 1.19 bits per heavy atom. The molecule has 4 rings (SSSR count). The first kappa shape index (κ1) is 21.8. The lowest BCUT2D eigenvalue weighted by atomic mass is 10.0. The maximum Gasteiger partial charge on any atom is 0.235 e. The second-order valence-corrected chi connectivity index (χ2v) is 8.30. The van der Waals surface area contributed by atoms with Crippen molar-refractivity contribution < 1.29 is 19.0 Å². The number of amides is 1. The van der Waals surface area contributed by atoms with Gasteiger partial charge in [0.25, 0.3) is 0 Å². The van der Waals surface area contributed by atoms with Crippen molar-refractivity contribution in [3.05, 3.63) is 71.9 Å². The van der Waals surface area contributed by atoms with Crippen molar-refractivity contribution in [3.63, 3.8) is 0 Å². The first-order chi connectivity index (χ1) is 15.5. The van der Waals surface area contributed by atoms with Gasteiger partial charge in [0.1, 0.15) is 18.2 Å². The summed E-state index contributed by atoms with van der Waals surface area (Å²) in [5.41, 5.74) is 3.67. The number of aryl methyl sites for hydroxylation is 1. The maximum atomic E-state index is 12.6. The number of carbonyl (C=O) groups is 1. The third kappa shape index (κ3) is 4.18. The SMILES string of the molecule is C=CCOc1ccc([C@H]2SCC(=O)Nc3c2c(C)nn3-c2ccc(OC)cc2)cc1OC. The summed E-state index contributed by atoms with van der Waals surface area (Å²) in [7, 11) is 3.24. The van der Waals surface area contributed by atoms with Crippen molar-refractivity contribution >= 4 is 23.5 Å². The predicted molar refractivity (Wildman–Crippen MR) is 126 cm³/mol. The summed E-state index contributed by atoms with van der Waals surface area (Å²) in [6, 6.07) is 13.4. The number of ether oxygens (including phenoxy) is 3. The number of thioether (sulfide) groups is 1. The summed E-state index contributed by atoms with van der Waals surface area (Å²) in [4.78, 5) is 12.6. The minimum absolute atomic E-state index is 0.0636. The van der Waals surface area contributed by atoms with Gasteiger partial charge in [-0.25, -0.2) is 4.68 Å². The molecule has 0 unspecified atom stereocenters. The van der Waals surface area contributed by atoms with E-state index in [2.05, 4.69) is 11.9 Å². The number of fused-ring (bicyclic) bond motifs is 1. The molecule has 0 bridgehead atoms. The quantitative estimate of drug-likeness (QED) is 0.532. The van der Waals surface area contributed by atoms with Gasteiger partial charge in [-0.2, -0.15) is 5.10 Å². The molecule has 0 aliphatic carbocycles. The van der Waals surface area contributed by atoms with Gasteiger partial charge in [-0.1, -0.05) is 18.7 Å². The summed E-state index contributed by atoms with van der Waals surface area (Å²) in [6.07, 6.45) is 1.69. The summed E-state index contributed by atoms with van der Waals surface area (Å²) in [5, 5.41) is 7.70. The van der Waals surface area contributed by atoms with E-state index in [0.29, 0.717) is 29.7 Å². The lowest BCUT2D eigenvalue weighted by Crippen LogP contribution is -2.15. The fraction of sp³-hybridized carbons (Fsp3) is 0.250. The third-order valence-corrected chi connectivity index (χ3v) is 6.44. The number of rotatable bonds is 7. The van der Waals surface area contributed by atoms with E-state index in [-0.39, 0.29) is 11.2 Å². The topological polar surface area (TPSA) is 74.6 Å². The van der Waals surface area contributed by atoms with E-state index in [0.717, 1.165) is 28.3 Å². The Balaban J connectivity index is 1.79. The molecule has 7 nitrogen and oxygen atoms in total. The van der Waals surface area contributed by atoms with Crippen LogP contribution in [0.5, 0.6) is 17.2 Å². The number of nitrogens with one attached hydrogen (secondary N) is 1. The van der Waals surface area contributed by atoms with E-state index in [9.17, 15) is 4.79 Å². The van der Waals surface area contributed by atoms with Crippen LogP contribution in [0, 0.1) is 6.92 Å². The normalized spacial score (nSPS) is 15.3. The summed E-state index contributed by atoms with van der Waals surface area (Å²) < 4.78 is 18.3. The highest BCUT2D eigenvalue weighted by Gasteiger charge is 2.31. The average Bonchev–Trinajstić information content (AvgIpc) is 3.02. The van der Waals surface area contributed by atoms with Crippen molar-refractivity contribution in [2.45, 2.75) is 12.2 Å². The first-order valence-corrected chi connectivity index (χ1v) is 11.2. The van der Waals surface area contributed by atoms with Gasteiger partial charge >= 0.3 is 0 Å². The molecule has 2 heterocycles. The first-order valence-electron chi connectivity index (χ1n) is 10.1. The Morgan fingerprint density at radius 2 is 1.97 bits per heavy atom.